The number of benzene rings is 2. The Morgan fingerprint density at radius 1 is 1.09 bits per heavy atom. The molecular formula is C18H22N2O3. The van der Waals surface area contributed by atoms with Crippen LogP contribution >= 0.6 is 0 Å². The molecule has 0 radical (unpaired) electrons. The van der Waals surface area contributed by atoms with Crippen LogP contribution in [0.15, 0.2) is 48.5 Å². The predicted molar refractivity (Wildman–Crippen MR) is 91.6 cm³/mol. The van der Waals surface area contributed by atoms with Crippen LogP contribution in [-0.2, 0) is 16.0 Å². The molecule has 0 unspecified atom stereocenters. The van der Waals surface area contributed by atoms with Crippen LogP contribution in [0.25, 0.3) is 0 Å². The molecule has 0 aliphatic heterocycles. The van der Waals surface area contributed by atoms with Crippen LogP contribution in [0.1, 0.15) is 12.0 Å². The van der Waals surface area contributed by atoms with Gasteiger partial charge in [0.1, 0.15) is 12.4 Å². The SMILES string of the molecule is COCCOc1ccc(NC(=O)CCc2ccccc2N)cc1. The third kappa shape index (κ3) is 5.64. The van der Waals surface area contributed by atoms with Gasteiger partial charge in [-0.1, -0.05) is 18.2 Å². The first-order valence-electron chi connectivity index (χ1n) is 7.54. The van der Waals surface area contributed by atoms with Crippen molar-refractivity contribution in [2.45, 2.75) is 12.8 Å². The van der Waals surface area contributed by atoms with Crippen molar-refractivity contribution >= 4 is 17.3 Å². The van der Waals surface area contributed by atoms with Crippen LogP contribution in [0.2, 0.25) is 0 Å². The molecule has 2 rings (SSSR count). The Bertz CT molecular complexity index is 626. The standard InChI is InChI=1S/C18H22N2O3/c1-22-12-13-23-16-9-7-15(8-10-16)20-18(21)11-6-14-4-2-3-5-17(14)19/h2-5,7-10H,6,11-13,19H2,1H3,(H,20,21). The van der Waals surface area contributed by atoms with Crippen molar-refractivity contribution < 1.29 is 14.3 Å². The van der Waals surface area contributed by atoms with Crippen molar-refractivity contribution in [3.05, 3.63) is 54.1 Å². The molecule has 0 bridgehead atoms. The van der Waals surface area contributed by atoms with Crippen molar-refractivity contribution in [2.24, 2.45) is 0 Å². The van der Waals surface area contributed by atoms with Crippen LogP contribution in [-0.4, -0.2) is 26.2 Å². The molecule has 0 saturated carbocycles. The summed E-state index contributed by atoms with van der Waals surface area (Å²) >= 11 is 0. The number of hydrogen-bond acceptors (Lipinski definition) is 4. The van der Waals surface area contributed by atoms with Gasteiger partial charge in [-0.25, -0.2) is 0 Å². The summed E-state index contributed by atoms with van der Waals surface area (Å²) in [4.78, 5) is 12.0. The monoisotopic (exact) mass is 314 g/mol. The summed E-state index contributed by atoms with van der Waals surface area (Å²) in [6.45, 7) is 1.04. The van der Waals surface area contributed by atoms with Gasteiger partial charge in [-0.15, -0.1) is 0 Å². The van der Waals surface area contributed by atoms with E-state index in [-0.39, 0.29) is 5.91 Å². The molecule has 3 N–H and O–H groups in total. The molecule has 0 atom stereocenters. The van der Waals surface area contributed by atoms with Crippen LogP contribution in [0, 0.1) is 0 Å². The Balaban J connectivity index is 1.80. The van der Waals surface area contributed by atoms with Gasteiger partial charge >= 0.3 is 0 Å². The summed E-state index contributed by atoms with van der Waals surface area (Å²) in [5.74, 6) is 0.707. The molecular weight excluding hydrogens is 292 g/mol. The summed E-state index contributed by atoms with van der Waals surface area (Å²) in [6, 6.07) is 14.9. The number of ether oxygens (including phenoxy) is 2. The number of nitrogens with one attached hydrogen (secondary N) is 1. The molecule has 23 heavy (non-hydrogen) atoms. The Hall–Kier alpha value is -2.53. The zero-order chi connectivity index (χ0) is 16.5. The number of para-hydroxylation sites is 1. The number of methoxy groups -OCH3 is 1. The molecule has 0 aliphatic rings. The van der Waals surface area contributed by atoms with E-state index in [0.29, 0.717) is 26.1 Å². The predicted octanol–water partition coefficient (Wildman–Crippen LogP) is 2.87. The van der Waals surface area contributed by atoms with Crippen molar-refractivity contribution in [1.82, 2.24) is 0 Å². The van der Waals surface area contributed by atoms with E-state index in [1.165, 1.54) is 0 Å². The summed E-state index contributed by atoms with van der Waals surface area (Å²) in [7, 11) is 1.63. The second kappa shape index (κ2) is 8.80. The number of rotatable bonds is 8. The van der Waals surface area contributed by atoms with E-state index in [9.17, 15) is 4.79 Å². The molecule has 2 aromatic carbocycles. The molecule has 0 fully saturated rings. The number of aryl methyl sites for hydroxylation is 1. The summed E-state index contributed by atoms with van der Waals surface area (Å²) < 4.78 is 10.4. The molecule has 2 aromatic rings. The minimum Gasteiger partial charge on any atom is -0.491 e. The Morgan fingerprint density at radius 2 is 1.83 bits per heavy atom. The molecule has 0 aromatic heterocycles. The van der Waals surface area contributed by atoms with Crippen molar-refractivity contribution in [1.29, 1.82) is 0 Å². The van der Waals surface area contributed by atoms with Crippen LogP contribution < -0.4 is 15.8 Å². The van der Waals surface area contributed by atoms with E-state index in [1.54, 1.807) is 7.11 Å². The minimum absolute atomic E-state index is 0.0405. The average Bonchev–Trinajstić information content (AvgIpc) is 2.56. The topological polar surface area (TPSA) is 73.6 Å². The third-order valence-corrected chi connectivity index (χ3v) is 3.37. The van der Waals surface area contributed by atoms with Crippen LogP contribution in [0.5, 0.6) is 5.75 Å². The Labute approximate surface area is 136 Å². The number of nitrogens with two attached hydrogens (primary N) is 1. The number of nitrogen functional groups attached to an aromatic ring is 1. The van der Waals surface area contributed by atoms with Gasteiger partial charge in [-0.3, -0.25) is 4.79 Å². The van der Waals surface area contributed by atoms with Gasteiger partial charge in [0.15, 0.2) is 0 Å². The van der Waals surface area contributed by atoms with Crippen LogP contribution in [0.3, 0.4) is 0 Å². The fraction of sp³-hybridized carbons (Fsp3) is 0.278. The number of carbonyl (C=O) groups is 1. The van der Waals surface area contributed by atoms with Gasteiger partial charge in [0.05, 0.1) is 6.61 Å². The van der Waals surface area contributed by atoms with Crippen molar-refractivity contribution in [2.75, 3.05) is 31.4 Å². The highest BCUT2D eigenvalue weighted by molar-refractivity contribution is 5.90. The highest BCUT2D eigenvalue weighted by Gasteiger charge is 2.05. The lowest BCUT2D eigenvalue weighted by atomic mass is 10.1. The van der Waals surface area contributed by atoms with E-state index in [1.807, 2.05) is 48.5 Å². The zero-order valence-corrected chi connectivity index (χ0v) is 13.2. The molecule has 5 heteroatoms. The van der Waals surface area contributed by atoms with Gasteiger partial charge in [-0.2, -0.15) is 0 Å². The van der Waals surface area contributed by atoms with Crippen molar-refractivity contribution in [3.63, 3.8) is 0 Å². The molecule has 0 saturated heterocycles. The quantitative estimate of drug-likeness (QED) is 0.580. The maximum absolute atomic E-state index is 12.0. The maximum Gasteiger partial charge on any atom is 0.224 e. The van der Waals surface area contributed by atoms with E-state index >= 15 is 0 Å². The number of anilines is 2. The molecule has 0 heterocycles. The minimum atomic E-state index is -0.0405. The highest BCUT2D eigenvalue weighted by atomic mass is 16.5. The molecule has 5 nitrogen and oxygen atoms in total. The van der Waals surface area contributed by atoms with Gasteiger partial charge in [-0.05, 0) is 42.3 Å². The molecule has 1 amide bonds. The van der Waals surface area contributed by atoms with E-state index in [4.69, 9.17) is 15.2 Å². The van der Waals surface area contributed by atoms with Gasteiger partial charge in [0.25, 0.3) is 0 Å². The Morgan fingerprint density at radius 3 is 2.52 bits per heavy atom. The maximum atomic E-state index is 12.0. The van der Waals surface area contributed by atoms with Gasteiger partial charge < -0.3 is 20.5 Å². The molecule has 0 aliphatic carbocycles. The fourth-order valence-electron chi connectivity index (χ4n) is 2.11. The number of hydrogen-bond donors (Lipinski definition) is 2. The van der Waals surface area contributed by atoms with Gasteiger partial charge in [0, 0.05) is 24.9 Å². The Kier molecular flexibility index (Phi) is 6.44. The van der Waals surface area contributed by atoms with E-state index < -0.39 is 0 Å². The summed E-state index contributed by atoms with van der Waals surface area (Å²) in [5, 5.41) is 2.87. The smallest absolute Gasteiger partial charge is 0.224 e. The lowest BCUT2D eigenvalue weighted by molar-refractivity contribution is -0.116. The lowest BCUT2D eigenvalue weighted by Crippen LogP contribution is -2.12. The molecule has 0 spiro atoms. The summed E-state index contributed by atoms with van der Waals surface area (Å²) in [5.41, 5.74) is 8.33. The van der Waals surface area contributed by atoms with Crippen LogP contribution in [0.4, 0.5) is 11.4 Å². The van der Waals surface area contributed by atoms with Gasteiger partial charge in [0.2, 0.25) is 5.91 Å². The summed E-state index contributed by atoms with van der Waals surface area (Å²) in [6.07, 6.45) is 1.01. The third-order valence-electron chi connectivity index (χ3n) is 3.37. The zero-order valence-electron chi connectivity index (χ0n) is 13.2. The average molecular weight is 314 g/mol. The second-order valence-corrected chi connectivity index (χ2v) is 5.11. The first-order chi connectivity index (χ1) is 11.2. The van der Waals surface area contributed by atoms with Crippen molar-refractivity contribution in [3.8, 4) is 5.75 Å². The lowest BCUT2D eigenvalue weighted by Gasteiger charge is -2.09. The number of carbonyl (C=O) groups excluding carboxylic acids is 1. The largest absolute Gasteiger partial charge is 0.491 e. The fourth-order valence-corrected chi connectivity index (χ4v) is 2.11. The first-order valence-corrected chi connectivity index (χ1v) is 7.54. The highest BCUT2D eigenvalue weighted by Crippen LogP contribution is 2.17. The second-order valence-electron chi connectivity index (χ2n) is 5.11. The van der Waals surface area contributed by atoms with E-state index in [0.717, 1.165) is 22.7 Å². The van der Waals surface area contributed by atoms with E-state index in [2.05, 4.69) is 5.32 Å². The molecule has 122 valence electrons. The first kappa shape index (κ1) is 16.8. The normalized spacial score (nSPS) is 10.3. The number of amides is 1.